The van der Waals surface area contributed by atoms with Crippen LogP contribution < -0.4 is 4.72 Å². The minimum atomic E-state index is -3.86. The molecule has 0 aliphatic carbocycles. The van der Waals surface area contributed by atoms with Gasteiger partial charge in [-0.1, -0.05) is 5.16 Å². The Kier molecular flexibility index (Phi) is 4.18. The predicted octanol–water partition coefficient (Wildman–Crippen LogP) is -0.687. The minimum absolute atomic E-state index is 0.0155. The van der Waals surface area contributed by atoms with E-state index in [4.69, 9.17) is 9.63 Å². The number of hydrogen-bond donors (Lipinski definition) is 2. The van der Waals surface area contributed by atoms with Gasteiger partial charge in [-0.05, 0) is 13.8 Å². The molecule has 0 spiro atoms. The standard InChI is InChI=1S/C8H13N3O5S/c1-5(8(12)13)17(14,15)9-4-3-7-10-6(2)11-16-7/h5,9H,3-4H2,1-2H3,(H,12,13). The second-order valence-corrected chi connectivity index (χ2v) is 5.49. The Hall–Kier alpha value is -1.48. The Balaban J connectivity index is 2.48. The van der Waals surface area contributed by atoms with Crippen molar-refractivity contribution in [1.29, 1.82) is 0 Å². The van der Waals surface area contributed by atoms with Crippen molar-refractivity contribution in [3.8, 4) is 0 Å². The molecule has 9 heteroatoms. The van der Waals surface area contributed by atoms with Crippen LogP contribution in [0.3, 0.4) is 0 Å². The number of carboxylic acids is 1. The van der Waals surface area contributed by atoms with Gasteiger partial charge in [0.25, 0.3) is 0 Å². The molecule has 1 heterocycles. The van der Waals surface area contributed by atoms with Crippen molar-refractivity contribution in [2.45, 2.75) is 25.5 Å². The van der Waals surface area contributed by atoms with Crippen LogP contribution in [0.1, 0.15) is 18.6 Å². The molecule has 1 aromatic heterocycles. The van der Waals surface area contributed by atoms with Crippen molar-refractivity contribution in [2.24, 2.45) is 0 Å². The maximum atomic E-state index is 11.4. The lowest BCUT2D eigenvalue weighted by Gasteiger charge is -2.08. The number of aliphatic carboxylic acids is 1. The highest BCUT2D eigenvalue weighted by molar-refractivity contribution is 7.90. The molecule has 0 saturated carbocycles. The molecular weight excluding hydrogens is 250 g/mol. The Labute approximate surface area is 98.1 Å². The molecule has 1 unspecified atom stereocenters. The van der Waals surface area contributed by atoms with Crippen LogP contribution in [-0.4, -0.2) is 41.4 Å². The summed E-state index contributed by atoms with van der Waals surface area (Å²) in [5.74, 6) is -0.638. The van der Waals surface area contributed by atoms with E-state index >= 15 is 0 Å². The van der Waals surface area contributed by atoms with Gasteiger partial charge in [0.15, 0.2) is 11.1 Å². The smallest absolute Gasteiger partial charge is 0.323 e. The molecule has 0 bridgehead atoms. The first kappa shape index (κ1) is 13.6. The average molecular weight is 263 g/mol. The van der Waals surface area contributed by atoms with Gasteiger partial charge in [-0.25, -0.2) is 13.1 Å². The van der Waals surface area contributed by atoms with E-state index in [1.54, 1.807) is 6.92 Å². The Morgan fingerprint density at radius 3 is 2.71 bits per heavy atom. The molecule has 0 radical (unpaired) electrons. The first-order valence-electron chi connectivity index (χ1n) is 4.83. The normalized spacial score (nSPS) is 13.5. The van der Waals surface area contributed by atoms with Crippen LogP contribution in [0, 0.1) is 6.92 Å². The van der Waals surface area contributed by atoms with Gasteiger partial charge in [0.2, 0.25) is 15.9 Å². The molecular formula is C8H13N3O5S. The van der Waals surface area contributed by atoms with Crippen LogP contribution in [-0.2, 0) is 21.2 Å². The first-order valence-corrected chi connectivity index (χ1v) is 6.38. The monoisotopic (exact) mass is 263 g/mol. The second-order valence-electron chi connectivity index (χ2n) is 3.41. The van der Waals surface area contributed by atoms with Crippen molar-refractivity contribution in [1.82, 2.24) is 14.9 Å². The van der Waals surface area contributed by atoms with E-state index in [-0.39, 0.29) is 13.0 Å². The van der Waals surface area contributed by atoms with Crippen LogP contribution in [0.15, 0.2) is 4.52 Å². The second kappa shape index (κ2) is 5.23. The summed E-state index contributed by atoms with van der Waals surface area (Å²) < 4.78 is 29.8. The molecule has 0 amide bonds. The Bertz CT molecular complexity index is 495. The van der Waals surface area contributed by atoms with Gasteiger partial charge in [-0.3, -0.25) is 4.79 Å². The van der Waals surface area contributed by atoms with E-state index in [1.807, 2.05) is 0 Å². The number of carbonyl (C=O) groups is 1. The number of nitrogens with one attached hydrogen (secondary N) is 1. The number of hydrogen-bond acceptors (Lipinski definition) is 6. The predicted molar refractivity (Wildman–Crippen MR) is 56.8 cm³/mol. The van der Waals surface area contributed by atoms with Crippen LogP contribution in [0.4, 0.5) is 0 Å². The number of aryl methyl sites for hydroxylation is 1. The molecule has 1 aromatic rings. The number of carboxylic acid groups (broad SMARTS) is 1. The number of aromatic nitrogens is 2. The largest absolute Gasteiger partial charge is 0.480 e. The molecule has 0 aromatic carbocycles. The summed E-state index contributed by atoms with van der Waals surface area (Å²) in [5, 5.41) is 10.6. The van der Waals surface area contributed by atoms with Crippen LogP contribution in [0.25, 0.3) is 0 Å². The van der Waals surface area contributed by atoms with Crippen molar-refractivity contribution in [3.05, 3.63) is 11.7 Å². The fourth-order valence-electron chi connectivity index (χ4n) is 1.000. The van der Waals surface area contributed by atoms with Gasteiger partial charge < -0.3 is 9.63 Å². The van der Waals surface area contributed by atoms with E-state index in [1.165, 1.54) is 0 Å². The molecule has 0 fully saturated rings. The fourth-order valence-corrected chi connectivity index (χ4v) is 1.90. The minimum Gasteiger partial charge on any atom is -0.480 e. The summed E-state index contributed by atoms with van der Waals surface area (Å²) in [5.41, 5.74) is 0. The summed E-state index contributed by atoms with van der Waals surface area (Å²) in [7, 11) is -3.86. The van der Waals surface area contributed by atoms with Crippen LogP contribution >= 0.6 is 0 Å². The number of sulfonamides is 1. The highest BCUT2D eigenvalue weighted by atomic mass is 32.2. The van der Waals surface area contributed by atoms with Crippen LogP contribution in [0.2, 0.25) is 0 Å². The molecule has 2 N–H and O–H groups in total. The van der Waals surface area contributed by atoms with E-state index in [0.717, 1.165) is 6.92 Å². The van der Waals surface area contributed by atoms with Gasteiger partial charge in [0.05, 0.1) is 0 Å². The van der Waals surface area contributed by atoms with Gasteiger partial charge in [0.1, 0.15) is 0 Å². The molecule has 8 nitrogen and oxygen atoms in total. The third kappa shape index (κ3) is 3.79. The van der Waals surface area contributed by atoms with E-state index in [0.29, 0.717) is 11.7 Å². The fraction of sp³-hybridized carbons (Fsp3) is 0.625. The lowest BCUT2D eigenvalue weighted by molar-refractivity contribution is -0.136. The lowest BCUT2D eigenvalue weighted by atomic mass is 10.4. The van der Waals surface area contributed by atoms with Gasteiger partial charge in [-0.2, -0.15) is 4.98 Å². The molecule has 1 atom stereocenters. The highest BCUT2D eigenvalue weighted by Gasteiger charge is 2.26. The SMILES string of the molecule is Cc1noc(CCNS(=O)(=O)C(C)C(=O)O)n1. The zero-order valence-electron chi connectivity index (χ0n) is 9.37. The molecule has 0 aliphatic heterocycles. The number of rotatable bonds is 6. The topological polar surface area (TPSA) is 122 Å². The third-order valence-corrected chi connectivity index (χ3v) is 3.76. The summed E-state index contributed by atoms with van der Waals surface area (Å²) in [4.78, 5) is 14.4. The molecule has 96 valence electrons. The zero-order valence-corrected chi connectivity index (χ0v) is 10.2. The number of nitrogens with zero attached hydrogens (tertiary/aromatic N) is 2. The lowest BCUT2D eigenvalue weighted by Crippen LogP contribution is -2.38. The van der Waals surface area contributed by atoms with Crippen molar-refractivity contribution < 1.29 is 22.8 Å². The maximum absolute atomic E-state index is 11.4. The summed E-state index contributed by atoms with van der Waals surface area (Å²) in [6, 6.07) is 0. The Morgan fingerprint density at radius 2 is 2.24 bits per heavy atom. The summed E-state index contributed by atoms with van der Waals surface area (Å²) >= 11 is 0. The molecule has 0 aliphatic rings. The Morgan fingerprint density at radius 1 is 1.59 bits per heavy atom. The maximum Gasteiger partial charge on any atom is 0.323 e. The highest BCUT2D eigenvalue weighted by Crippen LogP contribution is 2.00. The first-order chi connectivity index (χ1) is 7.83. The van der Waals surface area contributed by atoms with Gasteiger partial charge >= 0.3 is 5.97 Å². The van der Waals surface area contributed by atoms with Gasteiger partial charge in [0, 0.05) is 13.0 Å². The van der Waals surface area contributed by atoms with Crippen LogP contribution in [0.5, 0.6) is 0 Å². The van der Waals surface area contributed by atoms with Crippen molar-refractivity contribution >= 4 is 16.0 Å². The molecule has 1 rings (SSSR count). The van der Waals surface area contributed by atoms with Crippen molar-refractivity contribution in [3.63, 3.8) is 0 Å². The molecule has 17 heavy (non-hydrogen) atoms. The van der Waals surface area contributed by atoms with E-state index < -0.39 is 21.2 Å². The third-order valence-electron chi connectivity index (χ3n) is 2.02. The van der Waals surface area contributed by atoms with E-state index in [2.05, 4.69) is 14.9 Å². The molecule has 0 saturated heterocycles. The van der Waals surface area contributed by atoms with E-state index in [9.17, 15) is 13.2 Å². The zero-order chi connectivity index (χ0) is 13.1. The van der Waals surface area contributed by atoms with Crippen molar-refractivity contribution in [2.75, 3.05) is 6.54 Å². The summed E-state index contributed by atoms with van der Waals surface area (Å²) in [6.45, 7) is 2.76. The summed E-state index contributed by atoms with van der Waals surface area (Å²) in [6.07, 6.45) is 0.215. The quantitative estimate of drug-likeness (QED) is 0.696. The van der Waals surface area contributed by atoms with Gasteiger partial charge in [-0.15, -0.1) is 0 Å². The average Bonchev–Trinajstić information content (AvgIpc) is 2.62.